The van der Waals surface area contributed by atoms with E-state index in [1.807, 2.05) is 25.3 Å². The van der Waals surface area contributed by atoms with Crippen LogP contribution in [0.5, 0.6) is 0 Å². The third-order valence-electron chi connectivity index (χ3n) is 5.87. The summed E-state index contributed by atoms with van der Waals surface area (Å²) in [7, 11) is 0. The molecule has 0 atom stereocenters. The number of aliphatic carboxylic acids is 1. The minimum Gasteiger partial charge on any atom is -0.481 e. The van der Waals surface area contributed by atoms with Crippen LogP contribution in [0.3, 0.4) is 0 Å². The second kappa shape index (κ2) is 8.55. The zero-order valence-corrected chi connectivity index (χ0v) is 16.6. The number of carboxylic acid groups (broad SMARTS) is 1. The van der Waals surface area contributed by atoms with Crippen LogP contribution in [0.4, 0.5) is 0 Å². The Balaban J connectivity index is 1.41. The number of benzene rings is 1. The normalized spacial score (nSPS) is 19.2. The fourth-order valence-electron chi connectivity index (χ4n) is 4.16. The Labute approximate surface area is 170 Å². The Morgan fingerprint density at radius 2 is 1.79 bits per heavy atom. The third-order valence-corrected chi connectivity index (χ3v) is 5.87. The van der Waals surface area contributed by atoms with Gasteiger partial charge >= 0.3 is 5.97 Å². The largest absolute Gasteiger partial charge is 0.481 e. The molecule has 6 nitrogen and oxygen atoms in total. The van der Waals surface area contributed by atoms with Crippen molar-refractivity contribution >= 4 is 5.97 Å². The number of hydrogen-bond donors (Lipinski definition) is 2. The Hall–Kier alpha value is -3.02. The van der Waals surface area contributed by atoms with Crippen molar-refractivity contribution in [3.8, 4) is 22.6 Å². The average molecular weight is 390 g/mol. The zero-order chi connectivity index (χ0) is 20.2. The molecule has 29 heavy (non-hydrogen) atoms. The van der Waals surface area contributed by atoms with Gasteiger partial charge in [0.15, 0.2) is 11.6 Å². The standard InChI is InChI=1S/C23H26N4O2/c1-2-21-25-23(27-26-21)19-11-12-20(24-14-19)18-9-7-17(8-10-18)16-5-3-15(4-6-16)13-22(28)29/h7-12,14-16H,2-6,13H2,1H3,(H,28,29)(H,25,26,27)/t15-,16-. The van der Waals surface area contributed by atoms with Crippen molar-refractivity contribution < 1.29 is 9.90 Å². The molecule has 6 heteroatoms. The number of rotatable bonds is 6. The summed E-state index contributed by atoms with van der Waals surface area (Å²) in [6.07, 6.45) is 7.08. The lowest BCUT2D eigenvalue weighted by molar-refractivity contribution is -0.138. The Morgan fingerprint density at radius 3 is 2.38 bits per heavy atom. The van der Waals surface area contributed by atoms with Gasteiger partial charge in [-0.2, -0.15) is 5.10 Å². The Kier molecular flexibility index (Phi) is 5.69. The second-order valence-electron chi connectivity index (χ2n) is 7.82. The number of H-pyrrole nitrogens is 1. The first-order valence-electron chi connectivity index (χ1n) is 10.3. The smallest absolute Gasteiger partial charge is 0.303 e. The molecule has 2 aromatic heterocycles. The van der Waals surface area contributed by atoms with Crippen molar-refractivity contribution in [3.05, 3.63) is 54.0 Å². The average Bonchev–Trinajstić information content (AvgIpc) is 3.24. The molecule has 4 rings (SSSR count). The monoisotopic (exact) mass is 390 g/mol. The van der Waals surface area contributed by atoms with E-state index in [9.17, 15) is 4.79 Å². The molecule has 1 aliphatic rings. The lowest BCUT2D eigenvalue weighted by atomic mass is 9.77. The summed E-state index contributed by atoms with van der Waals surface area (Å²) in [4.78, 5) is 19.9. The zero-order valence-electron chi connectivity index (χ0n) is 16.6. The number of nitrogens with one attached hydrogen (secondary N) is 1. The first-order chi connectivity index (χ1) is 14.1. The summed E-state index contributed by atoms with van der Waals surface area (Å²) >= 11 is 0. The van der Waals surface area contributed by atoms with Crippen molar-refractivity contribution in [2.75, 3.05) is 0 Å². The topological polar surface area (TPSA) is 91.8 Å². The van der Waals surface area contributed by atoms with E-state index in [0.717, 1.165) is 60.6 Å². The van der Waals surface area contributed by atoms with E-state index in [1.54, 1.807) is 0 Å². The summed E-state index contributed by atoms with van der Waals surface area (Å²) in [6.45, 7) is 2.03. The van der Waals surface area contributed by atoms with Crippen molar-refractivity contribution in [3.63, 3.8) is 0 Å². The molecule has 0 aliphatic heterocycles. The van der Waals surface area contributed by atoms with Gasteiger partial charge in [-0.1, -0.05) is 31.2 Å². The highest BCUT2D eigenvalue weighted by Gasteiger charge is 2.23. The molecular weight excluding hydrogens is 364 g/mol. The molecule has 2 heterocycles. The molecule has 3 aromatic rings. The number of carbonyl (C=O) groups is 1. The molecule has 0 spiro atoms. The van der Waals surface area contributed by atoms with Crippen LogP contribution in [0.15, 0.2) is 42.6 Å². The number of hydrogen-bond acceptors (Lipinski definition) is 4. The molecule has 0 amide bonds. The van der Waals surface area contributed by atoms with Crippen molar-refractivity contribution in [1.82, 2.24) is 20.2 Å². The minimum absolute atomic E-state index is 0.307. The molecule has 1 saturated carbocycles. The summed E-state index contributed by atoms with van der Waals surface area (Å²) in [5, 5.41) is 16.1. The van der Waals surface area contributed by atoms with Crippen LogP contribution in [0.25, 0.3) is 22.6 Å². The van der Waals surface area contributed by atoms with E-state index in [0.29, 0.717) is 18.3 Å². The lowest BCUT2D eigenvalue weighted by Crippen LogP contribution is -2.16. The number of nitrogens with zero attached hydrogens (tertiary/aromatic N) is 3. The second-order valence-corrected chi connectivity index (χ2v) is 7.82. The number of pyridine rings is 1. The Bertz CT molecular complexity index is 955. The molecule has 1 fully saturated rings. The number of aromatic nitrogens is 4. The number of aromatic amines is 1. The van der Waals surface area contributed by atoms with Gasteiger partial charge in [0.05, 0.1) is 5.69 Å². The van der Waals surface area contributed by atoms with Gasteiger partial charge in [-0.3, -0.25) is 14.9 Å². The van der Waals surface area contributed by atoms with Crippen molar-refractivity contribution in [1.29, 1.82) is 0 Å². The Morgan fingerprint density at radius 1 is 1.07 bits per heavy atom. The molecule has 1 aliphatic carbocycles. The van der Waals surface area contributed by atoms with E-state index in [1.165, 1.54) is 5.56 Å². The number of aryl methyl sites for hydroxylation is 1. The molecule has 0 bridgehead atoms. The highest BCUT2D eigenvalue weighted by Crippen LogP contribution is 2.37. The third kappa shape index (κ3) is 4.53. The predicted octanol–water partition coefficient (Wildman–Crippen LogP) is 4.84. The van der Waals surface area contributed by atoms with Crippen LogP contribution in [-0.4, -0.2) is 31.2 Å². The van der Waals surface area contributed by atoms with Crippen LogP contribution >= 0.6 is 0 Å². The molecule has 0 saturated heterocycles. The lowest BCUT2D eigenvalue weighted by Gasteiger charge is -2.28. The van der Waals surface area contributed by atoms with Gasteiger partial charge in [-0.05, 0) is 55.2 Å². The maximum Gasteiger partial charge on any atom is 0.303 e. The van der Waals surface area contributed by atoms with Gasteiger partial charge in [0.1, 0.15) is 0 Å². The molecule has 0 radical (unpaired) electrons. The minimum atomic E-state index is -0.676. The van der Waals surface area contributed by atoms with E-state index in [2.05, 4.69) is 44.4 Å². The van der Waals surface area contributed by atoms with Crippen LogP contribution in [0.2, 0.25) is 0 Å². The van der Waals surface area contributed by atoms with E-state index in [4.69, 9.17) is 5.11 Å². The van der Waals surface area contributed by atoms with Gasteiger partial charge < -0.3 is 5.11 Å². The first-order valence-corrected chi connectivity index (χ1v) is 10.3. The van der Waals surface area contributed by atoms with E-state index in [-0.39, 0.29) is 0 Å². The summed E-state index contributed by atoms with van der Waals surface area (Å²) in [6, 6.07) is 12.7. The van der Waals surface area contributed by atoms with E-state index < -0.39 is 5.97 Å². The molecular formula is C23H26N4O2. The first kappa shape index (κ1) is 19.3. The van der Waals surface area contributed by atoms with Crippen LogP contribution in [0, 0.1) is 5.92 Å². The van der Waals surface area contributed by atoms with Crippen molar-refractivity contribution in [2.45, 2.75) is 51.4 Å². The molecule has 1 aromatic carbocycles. The van der Waals surface area contributed by atoms with Crippen molar-refractivity contribution in [2.24, 2.45) is 5.92 Å². The predicted molar refractivity (Wildman–Crippen MR) is 111 cm³/mol. The summed E-state index contributed by atoms with van der Waals surface area (Å²) in [5.74, 6) is 1.74. The fraction of sp³-hybridized carbons (Fsp3) is 0.391. The van der Waals surface area contributed by atoms with Gasteiger partial charge in [-0.15, -0.1) is 0 Å². The van der Waals surface area contributed by atoms with E-state index >= 15 is 0 Å². The SMILES string of the molecule is CCc1n[nH]c(-c2ccc(-c3ccc([C@H]4CC[C@H](CC(=O)O)CC4)cc3)nc2)n1. The summed E-state index contributed by atoms with van der Waals surface area (Å²) < 4.78 is 0. The van der Waals surface area contributed by atoms with Crippen LogP contribution in [-0.2, 0) is 11.2 Å². The molecule has 2 N–H and O–H groups in total. The highest BCUT2D eigenvalue weighted by molar-refractivity contribution is 5.67. The maximum absolute atomic E-state index is 10.9. The number of carboxylic acids is 1. The summed E-state index contributed by atoms with van der Waals surface area (Å²) in [5.41, 5.74) is 4.29. The van der Waals surface area contributed by atoms with Gasteiger partial charge in [0.25, 0.3) is 0 Å². The highest BCUT2D eigenvalue weighted by atomic mass is 16.4. The van der Waals surface area contributed by atoms with Crippen LogP contribution < -0.4 is 0 Å². The molecule has 150 valence electrons. The van der Waals surface area contributed by atoms with Gasteiger partial charge in [0.2, 0.25) is 0 Å². The van der Waals surface area contributed by atoms with Gasteiger partial charge in [0, 0.05) is 30.2 Å². The van der Waals surface area contributed by atoms with Crippen LogP contribution in [0.1, 0.15) is 56.3 Å². The molecule has 0 unspecified atom stereocenters. The fourth-order valence-corrected chi connectivity index (χ4v) is 4.16. The quantitative estimate of drug-likeness (QED) is 0.628. The maximum atomic E-state index is 10.9. The van der Waals surface area contributed by atoms with Gasteiger partial charge in [-0.25, -0.2) is 4.98 Å².